The molecule has 0 spiro atoms. The minimum atomic E-state index is -3.23. The highest BCUT2D eigenvalue weighted by Gasteiger charge is 2.37. The predicted molar refractivity (Wildman–Crippen MR) is 80.2 cm³/mol. The third-order valence-electron chi connectivity index (χ3n) is 4.04. The number of benzene rings is 1. The largest absolute Gasteiger partial charge is 0.381 e. The highest BCUT2D eigenvalue weighted by Crippen LogP contribution is 2.27. The van der Waals surface area contributed by atoms with Crippen molar-refractivity contribution >= 4 is 10.0 Å². The molecule has 1 fully saturated rings. The summed E-state index contributed by atoms with van der Waals surface area (Å²) in [5.41, 5.74) is 2.42. The molecule has 1 aliphatic heterocycles. The van der Waals surface area contributed by atoms with Gasteiger partial charge >= 0.3 is 0 Å². The van der Waals surface area contributed by atoms with Crippen LogP contribution in [0.3, 0.4) is 0 Å². The average molecular weight is 297 g/mol. The maximum Gasteiger partial charge on any atom is 0.216 e. The lowest BCUT2D eigenvalue weighted by molar-refractivity contribution is 0.0563. The first-order valence-corrected chi connectivity index (χ1v) is 8.47. The highest BCUT2D eigenvalue weighted by atomic mass is 32.2. The normalized spacial score (nSPS) is 24.0. The van der Waals surface area contributed by atoms with Gasteiger partial charge in [0.1, 0.15) is 0 Å². The van der Waals surface area contributed by atoms with Gasteiger partial charge in [-0.15, -0.1) is 0 Å². The second kappa shape index (κ2) is 6.24. The molecule has 0 aromatic heterocycles. The van der Waals surface area contributed by atoms with Gasteiger partial charge in [0.15, 0.2) is 0 Å². The Morgan fingerprint density at radius 1 is 1.30 bits per heavy atom. The Labute approximate surface area is 121 Å². The number of hydrogen-bond donors (Lipinski definition) is 0. The lowest BCUT2D eigenvalue weighted by Crippen LogP contribution is -2.44. The van der Waals surface area contributed by atoms with E-state index >= 15 is 0 Å². The summed E-state index contributed by atoms with van der Waals surface area (Å²) in [5.74, 6) is 0.0252. The molecule has 2 rings (SSSR count). The molecule has 2 atom stereocenters. The molecule has 1 heterocycles. The van der Waals surface area contributed by atoms with Crippen LogP contribution in [0.1, 0.15) is 17.5 Å². The summed E-state index contributed by atoms with van der Waals surface area (Å²) >= 11 is 0. The summed E-state index contributed by atoms with van der Waals surface area (Å²) in [6, 6.07) is 8.14. The first-order chi connectivity index (χ1) is 9.43. The molecule has 1 aliphatic rings. The third-order valence-corrected chi connectivity index (χ3v) is 6.44. The van der Waals surface area contributed by atoms with Crippen molar-refractivity contribution in [1.82, 2.24) is 4.31 Å². The summed E-state index contributed by atoms with van der Waals surface area (Å²) in [7, 11) is -0.0152. The third kappa shape index (κ3) is 3.22. The van der Waals surface area contributed by atoms with Crippen molar-refractivity contribution in [3.63, 3.8) is 0 Å². The van der Waals surface area contributed by atoms with Crippen LogP contribution in [0, 0.1) is 12.8 Å². The van der Waals surface area contributed by atoms with Crippen molar-refractivity contribution in [3.8, 4) is 0 Å². The molecule has 5 heteroatoms. The second-order valence-corrected chi connectivity index (χ2v) is 7.99. The molecule has 0 amide bonds. The lowest BCUT2D eigenvalue weighted by Gasteiger charge is -2.33. The van der Waals surface area contributed by atoms with Crippen LogP contribution >= 0.6 is 0 Å². The molecule has 1 saturated heterocycles. The molecule has 0 bridgehead atoms. The van der Waals surface area contributed by atoms with Crippen LogP contribution in [0.5, 0.6) is 0 Å². The SMILES string of the molecule is Cc1ccccc1C[C@H]1COCC[C@H]1S(=O)(=O)N(C)C. The Hall–Kier alpha value is -0.910. The van der Waals surface area contributed by atoms with Gasteiger partial charge in [0.2, 0.25) is 10.0 Å². The van der Waals surface area contributed by atoms with Gasteiger partial charge < -0.3 is 4.74 Å². The Morgan fingerprint density at radius 2 is 2.00 bits per heavy atom. The van der Waals surface area contributed by atoms with Crippen LogP contribution in [0.2, 0.25) is 0 Å². The van der Waals surface area contributed by atoms with Gasteiger partial charge in [-0.05, 0) is 30.9 Å². The molecule has 0 saturated carbocycles. The van der Waals surface area contributed by atoms with Crippen LogP contribution in [-0.4, -0.2) is 45.3 Å². The average Bonchev–Trinajstić information content (AvgIpc) is 2.41. The van der Waals surface area contributed by atoms with E-state index < -0.39 is 10.0 Å². The lowest BCUT2D eigenvalue weighted by atomic mass is 9.91. The summed E-state index contributed by atoms with van der Waals surface area (Å²) in [4.78, 5) is 0. The quantitative estimate of drug-likeness (QED) is 0.852. The molecule has 1 aromatic carbocycles. The minimum absolute atomic E-state index is 0.0252. The van der Waals surface area contributed by atoms with Crippen LogP contribution in [0.15, 0.2) is 24.3 Å². The predicted octanol–water partition coefficient (Wildman–Crippen LogP) is 1.83. The fourth-order valence-electron chi connectivity index (χ4n) is 2.75. The molecule has 1 aromatic rings. The summed E-state index contributed by atoms with van der Waals surface area (Å²) in [6.07, 6.45) is 1.33. The Morgan fingerprint density at radius 3 is 2.65 bits per heavy atom. The van der Waals surface area contributed by atoms with E-state index in [1.54, 1.807) is 14.1 Å². The van der Waals surface area contributed by atoms with Gasteiger partial charge in [0.25, 0.3) is 0 Å². The van der Waals surface area contributed by atoms with E-state index in [2.05, 4.69) is 19.1 Å². The maximum atomic E-state index is 12.4. The van der Waals surface area contributed by atoms with Crippen molar-refractivity contribution in [2.24, 2.45) is 5.92 Å². The number of sulfonamides is 1. The monoisotopic (exact) mass is 297 g/mol. The van der Waals surface area contributed by atoms with Crippen molar-refractivity contribution in [2.75, 3.05) is 27.3 Å². The van der Waals surface area contributed by atoms with Gasteiger partial charge in [-0.3, -0.25) is 0 Å². The van der Waals surface area contributed by atoms with Gasteiger partial charge in [-0.1, -0.05) is 24.3 Å². The van der Waals surface area contributed by atoms with Crippen LogP contribution in [0.25, 0.3) is 0 Å². The Bertz CT molecular complexity index is 554. The molecule has 20 heavy (non-hydrogen) atoms. The van der Waals surface area contributed by atoms with Crippen molar-refractivity contribution < 1.29 is 13.2 Å². The summed E-state index contributed by atoms with van der Waals surface area (Å²) < 4.78 is 31.7. The van der Waals surface area contributed by atoms with E-state index in [0.29, 0.717) is 19.6 Å². The van der Waals surface area contributed by atoms with Crippen LogP contribution < -0.4 is 0 Å². The smallest absolute Gasteiger partial charge is 0.216 e. The fraction of sp³-hybridized carbons (Fsp3) is 0.600. The standard InChI is InChI=1S/C15H23NO3S/c1-12-6-4-5-7-13(12)10-14-11-19-9-8-15(14)20(17,18)16(2)3/h4-7,14-15H,8-11H2,1-3H3/t14-,15+/m0/s1. The van der Waals surface area contributed by atoms with Crippen LogP contribution in [-0.2, 0) is 21.2 Å². The van der Waals surface area contributed by atoms with Crippen LogP contribution in [0.4, 0.5) is 0 Å². The fourth-order valence-corrected chi connectivity index (χ4v) is 4.35. The molecular formula is C15H23NO3S. The zero-order chi connectivity index (χ0) is 14.8. The van der Waals surface area contributed by atoms with E-state index in [4.69, 9.17) is 4.74 Å². The van der Waals surface area contributed by atoms with E-state index in [9.17, 15) is 8.42 Å². The maximum absolute atomic E-state index is 12.4. The molecule has 0 aliphatic carbocycles. The number of ether oxygens (including phenoxy) is 1. The van der Waals surface area contributed by atoms with E-state index in [1.807, 2.05) is 12.1 Å². The molecule has 0 unspecified atom stereocenters. The van der Waals surface area contributed by atoms with Gasteiger partial charge in [-0.25, -0.2) is 12.7 Å². The van der Waals surface area contributed by atoms with Gasteiger partial charge in [-0.2, -0.15) is 0 Å². The summed E-state index contributed by atoms with van der Waals surface area (Å²) in [5, 5.41) is -0.342. The van der Waals surface area contributed by atoms with E-state index in [-0.39, 0.29) is 11.2 Å². The number of aryl methyl sites for hydroxylation is 1. The molecule has 0 N–H and O–H groups in total. The second-order valence-electron chi connectivity index (χ2n) is 5.62. The Kier molecular flexibility index (Phi) is 4.83. The molecule has 112 valence electrons. The number of nitrogens with zero attached hydrogens (tertiary/aromatic N) is 1. The topological polar surface area (TPSA) is 46.6 Å². The number of rotatable bonds is 4. The zero-order valence-corrected chi connectivity index (χ0v) is 13.2. The van der Waals surface area contributed by atoms with Crippen molar-refractivity contribution in [2.45, 2.75) is 25.0 Å². The van der Waals surface area contributed by atoms with Crippen molar-refractivity contribution in [1.29, 1.82) is 0 Å². The number of hydrogen-bond acceptors (Lipinski definition) is 3. The van der Waals surface area contributed by atoms with Crippen molar-refractivity contribution in [3.05, 3.63) is 35.4 Å². The molecular weight excluding hydrogens is 274 g/mol. The first-order valence-electron chi connectivity index (χ1n) is 6.96. The highest BCUT2D eigenvalue weighted by molar-refractivity contribution is 7.89. The van der Waals surface area contributed by atoms with E-state index in [0.717, 1.165) is 6.42 Å². The minimum Gasteiger partial charge on any atom is -0.381 e. The van der Waals surface area contributed by atoms with Gasteiger partial charge in [0.05, 0.1) is 11.9 Å². The zero-order valence-electron chi connectivity index (χ0n) is 12.4. The van der Waals surface area contributed by atoms with E-state index in [1.165, 1.54) is 15.4 Å². The molecule has 4 nitrogen and oxygen atoms in total. The first kappa shape index (κ1) is 15.5. The molecule has 0 radical (unpaired) electrons. The summed E-state index contributed by atoms with van der Waals surface area (Å²) in [6.45, 7) is 3.11. The Balaban J connectivity index is 2.22. The van der Waals surface area contributed by atoms with Gasteiger partial charge in [0, 0.05) is 26.6 Å².